The van der Waals surface area contributed by atoms with Gasteiger partial charge in [0.05, 0.1) is 21.8 Å². The Morgan fingerprint density at radius 3 is 2.79 bits per heavy atom. The lowest BCUT2D eigenvalue weighted by molar-refractivity contribution is 1.28. The molecule has 4 heteroatoms. The number of fused-ring (bicyclic) bond motifs is 1. The van der Waals surface area contributed by atoms with E-state index >= 15 is 0 Å². The molecule has 92 valence electrons. The van der Waals surface area contributed by atoms with Crippen LogP contribution < -0.4 is 0 Å². The van der Waals surface area contributed by atoms with E-state index in [1.807, 2.05) is 43.3 Å². The number of aromatic nitrogens is 1. The van der Waals surface area contributed by atoms with Gasteiger partial charge < -0.3 is 0 Å². The molecule has 2 aromatic carbocycles. The van der Waals surface area contributed by atoms with Crippen molar-refractivity contribution < 1.29 is 0 Å². The van der Waals surface area contributed by atoms with Crippen LogP contribution in [0.5, 0.6) is 0 Å². The quantitative estimate of drug-likeness (QED) is 0.687. The first kappa shape index (κ1) is 12.2. The molecule has 19 heavy (non-hydrogen) atoms. The van der Waals surface area contributed by atoms with E-state index in [2.05, 4.69) is 17.1 Å². The van der Waals surface area contributed by atoms with Crippen LogP contribution in [0, 0.1) is 18.3 Å². The van der Waals surface area contributed by atoms with Crippen LogP contribution in [0.3, 0.4) is 0 Å². The Labute approximate surface area is 119 Å². The summed E-state index contributed by atoms with van der Waals surface area (Å²) >= 11 is 3.34. The molecule has 0 radical (unpaired) electrons. The molecular weight excluding hydrogens is 272 g/mol. The number of thiazole rings is 1. The molecule has 0 atom stereocenters. The maximum absolute atomic E-state index is 8.93. The first-order valence-corrected chi connectivity index (χ1v) is 7.44. The second kappa shape index (κ2) is 5.04. The van der Waals surface area contributed by atoms with Crippen molar-refractivity contribution in [3.05, 3.63) is 53.6 Å². The van der Waals surface area contributed by atoms with Crippen LogP contribution in [0.25, 0.3) is 10.2 Å². The Balaban J connectivity index is 1.92. The van der Waals surface area contributed by atoms with Gasteiger partial charge in [0.1, 0.15) is 0 Å². The fourth-order valence-corrected chi connectivity index (χ4v) is 3.96. The maximum Gasteiger partial charge on any atom is 0.155 e. The molecule has 0 fully saturated rings. The molecular formula is C15H10N2S2. The van der Waals surface area contributed by atoms with Crippen molar-refractivity contribution in [2.24, 2.45) is 0 Å². The van der Waals surface area contributed by atoms with Crippen LogP contribution in [-0.4, -0.2) is 4.98 Å². The molecule has 3 rings (SSSR count). The highest BCUT2D eigenvalue weighted by Crippen LogP contribution is 2.34. The molecule has 3 aromatic rings. The van der Waals surface area contributed by atoms with Crippen molar-refractivity contribution in [1.29, 1.82) is 5.26 Å². The summed E-state index contributed by atoms with van der Waals surface area (Å²) in [7, 11) is 0. The monoisotopic (exact) mass is 282 g/mol. The minimum Gasteiger partial charge on any atom is -0.229 e. The van der Waals surface area contributed by atoms with Crippen LogP contribution in [-0.2, 0) is 0 Å². The number of benzene rings is 2. The van der Waals surface area contributed by atoms with Crippen molar-refractivity contribution in [1.82, 2.24) is 4.98 Å². The third-order valence-corrected chi connectivity index (χ3v) is 4.88. The summed E-state index contributed by atoms with van der Waals surface area (Å²) in [6.07, 6.45) is 0. The molecule has 0 aliphatic rings. The van der Waals surface area contributed by atoms with Gasteiger partial charge in [-0.1, -0.05) is 23.9 Å². The minimum atomic E-state index is 0.730. The highest BCUT2D eigenvalue weighted by molar-refractivity contribution is 8.01. The number of aryl methyl sites for hydroxylation is 1. The summed E-state index contributed by atoms with van der Waals surface area (Å²) in [6, 6.07) is 16.2. The molecule has 1 heterocycles. The summed E-state index contributed by atoms with van der Waals surface area (Å²) in [5, 5.41) is 8.93. The standard InChI is InChI=1S/C15H10N2S2/c1-10-8-12(7-6-11(10)9-16)18-15-17-13-4-2-3-5-14(13)19-15/h2-8H,1H3. The molecule has 0 saturated carbocycles. The number of nitrogens with zero attached hydrogens (tertiary/aromatic N) is 2. The van der Waals surface area contributed by atoms with Gasteiger partial charge in [0, 0.05) is 4.90 Å². The maximum atomic E-state index is 8.93. The van der Waals surface area contributed by atoms with Crippen molar-refractivity contribution in [3.8, 4) is 6.07 Å². The summed E-state index contributed by atoms with van der Waals surface area (Å²) < 4.78 is 2.24. The average molecular weight is 282 g/mol. The molecule has 0 N–H and O–H groups in total. The van der Waals surface area contributed by atoms with Gasteiger partial charge >= 0.3 is 0 Å². The zero-order valence-corrected chi connectivity index (χ0v) is 11.9. The summed E-state index contributed by atoms with van der Waals surface area (Å²) in [6.45, 7) is 1.96. The van der Waals surface area contributed by atoms with Gasteiger partial charge in [0.25, 0.3) is 0 Å². The third-order valence-electron chi connectivity index (χ3n) is 2.80. The van der Waals surface area contributed by atoms with E-state index in [1.165, 1.54) is 4.70 Å². The van der Waals surface area contributed by atoms with E-state index in [1.54, 1.807) is 23.1 Å². The number of rotatable bonds is 2. The van der Waals surface area contributed by atoms with Crippen molar-refractivity contribution in [3.63, 3.8) is 0 Å². The largest absolute Gasteiger partial charge is 0.229 e. The zero-order valence-electron chi connectivity index (χ0n) is 10.3. The van der Waals surface area contributed by atoms with Gasteiger partial charge in [-0.3, -0.25) is 0 Å². The third kappa shape index (κ3) is 2.48. The molecule has 0 spiro atoms. The molecule has 2 nitrogen and oxygen atoms in total. The number of para-hydroxylation sites is 1. The van der Waals surface area contributed by atoms with E-state index in [-0.39, 0.29) is 0 Å². The number of nitriles is 1. The molecule has 1 aromatic heterocycles. The lowest BCUT2D eigenvalue weighted by atomic mass is 10.1. The molecule has 0 saturated heterocycles. The van der Waals surface area contributed by atoms with Gasteiger partial charge in [0.2, 0.25) is 0 Å². The first-order chi connectivity index (χ1) is 9.26. The van der Waals surface area contributed by atoms with Crippen LogP contribution in [0.4, 0.5) is 0 Å². The average Bonchev–Trinajstić information content (AvgIpc) is 2.81. The molecule has 0 amide bonds. The van der Waals surface area contributed by atoms with Gasteiger partial charge in [0.15, 0.2) is 4.34 Å². The lowest BCUT2D eigenvalue weighted by Crippen LogP contribution is -1.82. The lowest BCUT2D eigenvalue weighted by Gasteiger charge is -2.01. The van der Waals surface area contributed by atoms with Crippen LogP contribution in [0.15, 0.2) is 51.7 Å². The first-order valence-electron chi connectivity index (χ1n) is 5.80. The fourth-order valence-electron chi connectivity index (χ4n) is 1.82. The number of hydrogen-bond donors (Lipinski definition) is 0. The van der Waals surface area contributed by atoms with E-state index < -0.39 is 0 Å². The Morgan fingerprint density at radius 1 is 1.21 bits per heavy atom. The van der Waals surface area contributed by atoms with E-state index in [0.29, 0.717) is 0 Å². The van der Waals surface area contributed by atoms with Gasteiger partial charge in [-0.05, 0) is 42.8 Å². The normalized spacial score (nSPS) is 10.5. The Hall–Kier alpha value is -1.83. The van der Waals surface area contributed by atoms with E-state index in [4.69, 9.17) is 5.26 Å². The Kier molecular flexibility index (Phi) is 3.24. The summed E-state index contributed by atoms with van der Waals surface area (Å²) in [5.41, 5.74) is 2.78. The second-order valence-electron chi connectivity index (χ2n) is 4.14. The molecule has 0 aliphatic carbocycles. The van der Waals surface area contributed by atoms with Gasteiger partial charge in [-0.25, -0.2) is 4.98 Å². The topological polar surface area (TPSA) is 36.7 Å². The smallest absolute Gasteiger partial charge is 0.155 e. The summed E-state index contributed by atoms with van der Waals surface area (Å²) in [5.74, 6) is 0. The van der Waals surface area contributed by atoms with Crippen molar-refractivity contribution in [2.75, 3.05) is 0 Å². The van der Waals surface area contributed by atoms with Gasteiger partial charge in [-0.15, -0.1) is 11.3 Å². The fraction of sp³-hybridized carbons (Fsp3) is 0.0667. The van der Waals surface area contributed by atoms with Crippen molar-refractivity contribution >= 4 is 33.3 Å². The zero-order chi connectivity index (χ0) is 13.2. The van der Waals surface area contributed by atoms with Crippen LogP contribution in [0.1, 0.15) is 11.1 Å². The number of hydrogen-bond acceptors (Lipinski definition) is 4. The van der Waals surface area contributed by atoms with Crippen LogP contribution >= 0.6 is 23.1 Å². The van der Waals surface area contributed by atoms with E-state index in [9.17, 15) is 0 Å². The van der Waals surface area contributed by atoms with Crippen molar-refractivity contribution in [2.45, 2.75) is 16.2 Å². The second-order valence-corrected chi connectivity index (χ2v) is 6.49. The molecule has 0 bridgehead atoms. The highest BCUT2D eigenvalue weighted by atomic mass is 32.2. The predicted molar refractivity (Wildman–Crippen MR) is 79.6 cm³/mol. The molecule has 0 aliphatic heterocycles. The van der Waals surface area contributed by atoms with E-state index in [0.717, 1.165) is 25.9 Å². The Morgan fingerprint density at radius 2 is 2.05 bits per heavy atom. The highest BCUT2D eigenvalue weighted by Gasteiger charge is 2.06. The van der Waals surface area contributed by atoms with Crippen LogP contribution in [0.2, 0.25) is 0 Å². The SMILES string of the molecule is Cc1cc(Sc2nc3ccccc3s2)ccc1C#N. The predicted octanol–water partition coefficient (Wildman–Crippen LogP) is 4.63. The minimum absolute atomic E-state index is 0.730. The van der Waals surface area contributed by atoms with Gasteiger partial charge in [-0.2, -0.15) is 5.26 Å². The molecule has 0 unspecified atom stereocenters. The Bertz CT molecular complexity index is 751. The summed E-state index contributed by atoms with van der Waals surface area (Å²) in [4.78, 5) is 5.72.